The first-order chi connectivity index (χ1) is 11.6. The van der Waals surface area contributed by atoms with Gasteiger partial charge in [-0.05, 0) is 59.8 Å². The molecule has 0 saturated heterocycles. The Labute approximate surface area is 160 Å². The molecular weight excluding hydrogens is 391 g/mol. The zero-order valence-corrected chi connectivity index (χ0v) is 18.1. The van der Waals surface area contributed by atoms with Gasteiger partial charge in [-0.25, -0.2) is 0 Å². The first-order valence-electron chi connectivity index (χ1n) is 7.85. The van der Waals surface area contributed by atoms with Gasteiger partial charge in [-0.1, -0.05) is 48.5 Å². The Bertz CT molecular complexity index is 752. The summed E-state index contributed by atoms with van der Waals surface area (Å²) in [5, 5.41) is 0.724. The van der Waals surface area contributed by atoms with Crippen molar-refractivity contribution in [2.24, 2.45) is 0 Å². The number of rotatable bonds is 6. The Kier molecular flexibility index (Phi) is 6.06. The minimum absolute atomic E-state index is 0.479. The molecule has 2 aromatic rings. The van der Waals surface area contributed by atoms with Crippen LogP contribution in [-0.2, 0) is 4.12 Å². The largest absolute Gasteiger partial charge is 0.449 e. The van der Waals surface area contributed by atoms with Crippen molar-refractivity contribution in [1.29, 1.82) is 0 Å². The third kappa shape index (κ3) is 4.48. The standard InChI is InChI=1S/C18H20Cl2O3Si2/c1-24(2,15-11-7-5-9-13(15)17(19)21)23-25(3,4)16-12-8-6-10-14(16)18(20)22/h5-12H,1-4H3. The predicted octanol–water partition coefficient (Wildman–Crippen LogP) is 3.99. The Morgan fingerprint density at radius 2 is 1.04 bits per heavy atom. The highest BCUT2D eigenvalue weighted by atomic mass is 35.5. The van der Waals surface area contributed by atoms with Gasteiger partial charge < -0.3 is 4.12 Å². The van der Waals surface area contributed by atoms with E-state index in [1.807, 2.05) is 50.5 Å². The summed E-state index contributed by atoms with van der Waals surface area (Å²) in [5.41, 5.74) is 0.958. The second-order valence-electron chi connectivity index (χ2n) is 6.76. The first-order valence-corrected chi connectivity index (χ1v) is 14.4. The van der Waals surface area contributed by atoms with Crippen molar-refractivity contribution in [3.05, 3.63) is 59.7 Å². The normalized spacial score (nSPS) is 12.1. The van der Waals surface area contributed by atoms with Crippen LogP contribution in [-0.4, -0.2) is 27.1 Å². The van der Waals surface area contributed by atoms with Gasteiger partial charge in [0, 0.05) is 11.1 Å². The van der Waals surface area contributed by atoms with Gasteiger partial charge in [0.2, 0.25) is 16.6 Å². The Hall–Kier alpha value is -1.25. The molecule has 0 unspecified atom stereocenters. The van der Waals surface area contributed by atoms with E-state index in [0.29, 0.717) is 11.1 Å². The highest BCUT2D eigenvalue weighted by Gasteiger charge is 2.39. The van der Waals surface area contributed by atoms with E-state index in [1.165, 1.54) is 0 Å². The fourth-order valence-electron chi connectivity index (χ4n) is 3.11. The minimum atomic E-state index is -2.46. The molecule has 3 nitrogen and oxygen atoms in total. The van der Waals surface area contributed by atoms with E-state index < -0.39 is 27.1 Å². The third-order valence-electron chi connectivity index (χ3n) is 4.09. The number of benzene rings is 2. The molecule has 0 aliphatic heterocycles. The molecule has 0 heterocycles. The third-order valence-corrected chi connectivity index (χ3v) is 12.0. The van der Waals surface area contributed by atoms with Gasteiger partial charge in [-0.15, -0.1) is 0 Å². The van der Waals surface area contributed by atoms with Crippen LogP contribution in [0.3, 0.4) is 0 Å². The molecule has 132 valence electrons. The van der Waals surface area contributed by atoms with E-state index in [1.54, 1.807) is 24.3 Å². The number of halogens is 2. The van der Waals surface area contributed by atoms with Crippen molar-refractivity contribution in [3.63, 3.8) is 0 Å². The molecule has 0 aliphatic rings. The van der Waals surface area contributed by atoms with E-state index >= 15 is 0 Å². The van der Waals surface area contributed by atoms with Crippen LogP contribution < -0.4 is 10.4 Å². The van der Waals surface area contributed by atoms with Crippen molar-refractivity contribution < 1.29 is 13.7 Å². The Balaban J connectivity index is 2.47. The highest BCUT2D eigenvalue weighted by molar-refractivity contribution is 6.98. The first kappa shape index (κ1) is 20.1. The fourth-order valence-corrected chi connectivity index (χ4v) is 12.3. The molecule has 0 bridgehead atoms. The lowest BCUT2D eigenvalue weighted by atomic mass is 10.2. The summed E-state index contributed by atoms with van der Waals surface area (Å²) in [6, 6.07) is 14.5. The maximum absolute atomic E-state index is 11.8. The van der Waals surface area contributed by atoms with Gasteiger partial charge in [0.05, 0.1) is 0 Å². The summed E-state index contributed by atoms with van der Waals surface area (Å²) < 4.78 is 6.64. The molecule has 0 N–H and O–H groups in total. The zero-order valence-electron chi connectivity index (χ0n) is 14.6. The summed E-state index contributed by atoms with van der Waals surface area (Å²) in [6.07, 6.45) is 0. The van der Waals surface area contributed by atoms with Crippen LogP contribution in [0.2, 0.25) is 26.2 Å². The fraction of sp³-hybridized carbons (Fsp3) is 0.222. The quantitative estimate of drug-likeness (QED) is 0.533. The molecule has 0 aromatic heterocycles. The highest BCUT2D eigenvalue weighted by Crippen LogP contribution is 2.19. The van der Waals surface area contributed by atoms with Crippen molar-refractivity contribution in [2.75, 3.05) is 0 Å². The summed E-state index contributed by atoms with van der Waals surface area (Å²) in [4.78, 5) is 23.5. The number of carbonyl (C=O) groups is 2. The number of hydrogen-bond acceptors (Lipinski definition) is 3. The van der Waals surface area contributed by atoms with Gasteiger partial charge in [0.1, 0.15) is 0 Å². The van der Waals surface area contributed by atoms with Gasteiger partial charge >= 0.3 is 0 Å². The topological polar surface area (TPSA) is 43.4 Å². The van der Waals surface area contributed by atoms with Gasteiger partial charge in [0.15, 0.2) is 0 Å². The van der Waals surface area contributed by atoms with Crippen LogP contribution >= 0.6 is 23.2 Å². The SMILES string of the molecule is C[Si](C)(O[Si](C)(C)c1ccccc1C(=O)Cl)c1ccccc1C(=O)Cl. The zero-order chi connectivity index (χ0) is 18.8. The van der Waals surface area contributed by atoms with Crippen molar-refractivity contribution in [3.8, 4) is 0 Å². The lowest BCUT2D eigenvalue weighted by Gasteiger charge is -2.35. The molecule has 0 radical (unpaired) electrons. The number of hydrogen-bond donors (Lipinski definition) is 0. The van der Waals surface area contributed by atoms with E-state index in [-0.39, 0.29) is 0 Å². The predicted molar refractivity (Wildman–Crippen MR) is 109 cm³/mol. The van der Waals surface area contributed by atoms with E-state index in [2.05, 4.69) is 0 Å². The average molecular weight is 411 g/mol. The van der Waals surface area contributed by atoms with Crippen molar-refractivity contribution in [1.82, 2.24) is 0 Å². The molecule has 0 aliphatic carbocycles. The van der Waals surface area contributed by atoms with Crippen molar-refractivity contribution >= 4 is 60.7 Å². The van der Waals surface area contributed by atoms with E-state index in [0.717, 1.165) is 10.4 Å². The van der Waals surface area contributed by atoms with E-state index in [4.69, 9.17) is 27.3 Å². The van der Waals surface area contributed by atoms with Crippen LogP contribution in [0.5, 0.6) is 0 Å². The molecule has 25 heavy (non-hydrogen) atoms. The van der Waals surface area contributed by atoms with Crippen LogP contribution in [0.25, 0.3) is 0 Å². The smallest absolute Gasteiger partial charge is 0.252 e. The summed E-state index contributed by atoms with van der Waals surface area (Å²) in [5.74, 6) is 0. The van der Waals surface area contributed by atoms with Crippen LogP contribution in [0.15, 0.2) is 48.5 Å². The lowest BCUT2D eigenvalue weighted by Crippen LogP contribution is -2.59. The summed E-state index contributed by atoms with van der Waals surface area (Å²) in [7, 11) is -4.92. The minimum Gasteiger partial charge on any atom is -0.449 e. The molecule has 2 rings (SSSR count). The van der Waals surface area contributed by atoms with Crippen molar-refractivity contribution in [2.45, 2.75) is 26.2 Å². The van der Waals surface area contributed by atoms with Gasteiger partial charge in [-0.3, -0.25) is 9.59 Å². The lowest BCUT2D eigenvalue weighted by molar-refractivity contribution is 0.107. The average Bonchev–Trinajstić information content (AvgIpc) is 2.54. The van der Waals surface area contributed by atoms with Crippen LogP contribution in [0, 0.1) is 0 Å². The summed E-state index contributed by atoms with van der Waals surface area (Å²) in [6.45, 7) is 8.13. The maximum atomic E-state index is 11.8. The van der Waals surface area contributed by atoms with Gasteiger partial charge in [0.25, 0.3) is 10.5 Å². The molecule has 0 atom stereocenters. The van der Waals surface area contributed by atoms with Crippen LogP contribution in [0.4, 0.5) is 0 Å². The summed E-state index contributed by atoms with van der Waals surface area (Å²) >= 11 is 11.5. The van der Waals surface area contributed by atoms with Crippen LogP contribution in [0.1, 0.15) is 20.7 Å². The number of carbonyl (C=O) groups excluding carboxylic acids is 2. The molecule has 0 fully saturated rings. The van der Waals surface area contributed by atoms with Gasteiger partial charge in [-0.2, -0.15) is 0 Å². The molecular formula is C18H20Cl2O3Si2. The van der Waals surface area contributed by atoms with E-state index in [9.17, 15) is 9.59 Å². The molecule has 2 aromatic carbocycles. The monoisotopic (exact) mass is 410 g/mol. The Morgan fingerprint density at radius 1 is 0.720 bits per heavy atom. The Morgan fingerprint density at radius 3 is 1.36 bits per heavy atom. The molecule has 0 amide bonds. The molecule has 7 heteroatoms. The second kappa shape index (κ2) is 7.55. The second-order valence-corrected chi connectivity index (χ2v) is 15.4. The molecule has 0 spiro atoms. The maximum Gasteiger partial charge on any atom is 0.252 e. The molecule has 0 saturated carbocycles.